The molecule has 1 aromatic rings. The Morgan fingerprint density at radius 3 is 2.59 bits per heavy atom. The van der Waals surface area contributed by atoms with Crippen molar-refractivity contribution in [3.63, 3.8) is 0 Å². The Morgan fingerprint density at radius 1 is 1.24 bits per heavy atom. The van der Waals surface area contributed by atoms with Crippen LogP contribution in [0.3, 0.4) is 0 Å². The first-order valence-corrected chi connectivity index (χ1v) is 7.10. The van der Waals surface area contributed by atoms with Crippen LogP contribution in [0.4, 0.5) is 0 Å². The summed E-state index contributed by atoms with van der Waals surface area (Å²) in [5.41, 5.74) is 1.20. The van der Waals surface area contributed by atoms with Crippen molar-refractivity contribution in [2.24, 2.45) is 0 Å². The van der Waals surface area contributed by atoms with Gasteiger partial charge in [0.15, 0.2) is 0 Å². The second kappa shape index (κ2) is 7.97. The number of halogens is 2. The molecule has 17 heavy (non-hydrogen) atoms. The van der Waals surface area contributed by atoms with Crippen LogP contribution in [0.25, 0.3) is 0 Å². The van der Waals surface area contributed by atoms with Gasteiger partial charge in [-0.15, -0.1) is 0 Å². The highest BCUT2D eigenvalue weighted by molar-refractivity contribution is 6.35. The minimum atomic E-state index is 0.631. The SMILES string of the molecule is CCNC(CC)CCCc1ccc(Cl)cc1Cl. The fourth-order valence-corrected chi connectivity index (χ4v) is 2.51. The maximum atomic E-state index is 6.14. The third-order valence-electron chi connectivity index (χ3n) is 3.00. The molecular formula is C14H21Cl2N. The maximum absolute atomic E-state index is 6.14. The predicted molar refractivity (Wildman–Crippen MR) is 77.2 cm³/mol. The Morgan fingerprint density at radius 2 is 2.00 bits per heavy atom. The number of hydrogen-bond acceptors (Lipinski definition) is 1. The summed E-state index contributed by atoms with van der Waals surface area (Å²) in [6, 6.07) is 6.38. The standard InChI is InChI=1S/C14H21Cl2N/c1-3-13(17-4-2)7-5-6-11-8-9-12(15)10-14(11)16/h8-10,13,17H,3-7H2,1-2H3. The third kappa shape index (κ3) is 5.29. The van der Waals surface area contributed by atoms with Crippen LogP contribution in [0.15, 0.2) is 18.2 Å². The van der Waals surface area contributed by atoms with Crippen molar-refractivity contribution >= 4 is 23.2 Å². The molecule has 1 rings (SSSR count). The zero-order chi connectivity index (χ0) is 12.7. The fourth-order valence-electron chi connectivity index (χ4n) is 2.00. The zero-order valence-electron chi connectivity index (χ0n) is 10.6. The van der Waals surface area contributed by atoms with Crippen LogP contribution in [-0.2, 0) is 6.42 Å². The molecule has 1 atom stereocenters. The van der Waals surface area contributed by atoms with Gasteiger partial charge in [0.2, 0.25) is 0 Å². The summed E-state index contributed by atoms with van der Waals surface area (Å²) in [6.45, 7) is 5.42. The van der Waals surface area contributed by atoms with Crippen LogP contribution in [0, 0.1) is 0 Å². The van der Waals surface area contributed by atoms with Crippen LogP contribution in [0.5, 0.6) is 0 Å². The molecule has 3 heteroatoms. The Bertz CT molecular complexity index is 339. The number of nitrogens with one attached hydrogen (secondary N) is 1. The van der Waals surface area contributed by atoms with Gasteiger partial charge in [0, 0.05) is 16.1 Å². The van der Waals surface area contributed by atoms with Gasteiger partial charge in [-0.1, -0.05) is 43.1 Å². The first kappa shape index (κ1) is 14.8. The van der Waals surface area contributed by atoms with Crippen molar-refractivity contribution in [2.45, 2.75) is 45.6 Å². The van der Waals surface area contributed by atoms with Crippen LogP contribution in [0.2, 0.25) is 10.0 Å². The molecule has 0 aliphatic rings. The van der Waals surface area contributed by atoms with Gasteiger partial charge in [-0.3, -0.25) is 0 Å². The second-order valence-corrected chi connectivity index (χ2v) is 5.13. The molecule has 0 saturated heterocycles. The predicted octanol–water partition coefficient (Wildman–Crippen LogP) is 4.70. The Hall–Kier alpha value is -0.240. The summed E-state index contributed by atoms with van der Waals surface area (Å²) in [4.78, 5) is 0. The molecule has 96 valence electrons. The molecule has 0 fully saturated rings. The number of hydrogen-bond donors (Lipinski definition) is 1. The first-order valence-electron chi connectivity index (χ1n) is 6.34. The minimum Gasteiger partial charge on any atom is -0.314 e. The van der Waals surface area contributed by atoms with Gasteiger partial charge in [-0.05, 0) is 49.9 Å². The molecule has 1 aromatic carbocycles. The number of rotatable bonds is 7. The molecule has 0 aliphatic carbocycles. The molecule has 0 bridgehead atoms. The molecule has 0 spiro atoms. The monoisotopic (exact) mass is 273 g/mol. The van der Waals surface area contributed by atoms with E-state index in [1.54, 1.807) is 0 Å². The normalized spacial score (nSPS) is 12.7. The molecule has 1 unspecified atom stereocenters. The third-order valence-corrected chi connectivity index (χ3v) is 3.59. The van der Waals surface area contributed by atoms with Crippen molar-refractivity contribution < 1.29 is 0 Å². The lowest BCUT2D eigenvalue weighted by Gasteiger charge is -2.15. The van der Waals surface area contributed by atoms with Crippen LogP contribution >= 0.6 is 23.2 Å². The number of aryl methyl sites for hydroxylation is 1. The Balaban J connectivity index is 2.39. The molecule has 0 aliphatic heterocycles. The van der Waals surface area contributed by atoms with Crippen LogP contribution < -0.4 is 5.32 Å². The van der Waals surface area contributed by atoms with E-state index in [9.17, 15) is 0 Å². The summed E-state index contributed by atoms with van der Waals surface area (Å²) >= 11 is 12.0. The van der Waals surface area contributed by atoms with Crippen molar-refractivity contribution in [1.82, 2.24) is 5.32 Å². The summed E-state index contributed by atoms with van der Waals surface area (Å²) in [6.07, 6.45) is 4.57. The Kier molecular flexibility index (Phi) is 6.94. The molecule has 0 radical (unpaired) electrons. The van der Waals surface area contributed by atoms with E-state index in [-0.39, 0.29) is 0 Å². The fraction of sp³-hybridized carbons (Fsp3) is 0.571. The molecule has 0 amide bonds. The van der Waals surface area contributed by atoms with E-state index in [4.69, 9.17) is 23.2 Å². The lowest BCUT2D eigenvalue weighted by molar-refractivity contribution is 0.467. The average molecular weight is 274 g/mol. The summed E-state index contributed by atoms with van der Waals surface area (Å²) in [5.74, 6) is 0. The lowest BCUT2D eigenvalue weighted by Crippen LogP contribution is -2.28. The summed E-state index contributed by atoms with van der Waals surface area (Å²) < 4.78 is 0. The molecular weight excluding hydrogens is 253 g/mol. The first-order chi connectivity index (χ1) is 8.17. The Labute approximate surface area is 115 Å². The van der Waals surface area contributed by atoms with E-state index in [2.05, 4.69) is 19.2 Å². The number of benzene rings is 1. The smallest absolute Gasteiger partial charge is 0.0452 e. The largest absolute Gasteiger partial charge is 0.314 e. The second-order valence-electron chi connectivity index (χ2n) is 4.29. The quantitative estimate of drug-likeness (QED) is 0.759. The summed E-state index contributed by atoms with van der Waals surface area (Å²) in [7, 11) is 0. The van der Waals surface area contributed by atoms with Gasteiger partial charge in [-0.25, -0.2) is 0 Å². The highest BCUT2D eigenvalue weighted by Gasteiger charge is 2.05. The van der Waals surface area contributed by atoms with Crippen molar-refractivity contribution in [3.8, 4) is 0 Å². The minimum absolute atomic E-state index is 0.631. The van der Waals surface area contributed by atoms with Gasteiger partial charge < -0.3 is 5.32 Å². The molecule has 0 aromatic heterocycles. The maximum Gasteiger partial charge on any atom is 0.0452 e. The molecule has 0 heterocycles. The zero-order valence-corrected chi connectivity index (χ0v) is 12.1. The van der Waals surface area contributed by atoms with Gasteiger partial charge in [-0.2, -0.15) is 0 Å². The van der Waals surface area contributed by atoms with Gasteiger partial charge in [0.05, 0.1) is 0 Å². The molecule has 1 N–H and O–H groups in total. The van der Waals surface area contributed by atoms with E-state index in [1.165, 1.54) is 18.4 Å². The van der Waals surface area contributed by atoms with Gasteiger partial charge in [0.25, 0.3) is 0 Å². The van der Waals surface area contributed by atoms with E-state index in [0.717, 1.165) is 24.4 Å². The molecule has 0 saturated carbocycles. The average Bonchev–Trinajstić information content (AvgIpc) is 2.30. The van der Waals surface area contributed by atoms with Gasteiger partial charge >= 0.3 is 0 Å². The van der Waals surface area contributed by atoms with E-state index >= 15 is 0 Å². The highest BCUT2D eigenvalue weighted by atomic mass is 35.5. The van der Waals surface area contributed by atoms with E-state index in [1.807, 2.05) is 18.2 Å². The van der Waals surface area contributed by atoms with Crippen LogP contribution in [0.1, 0.15) is 38.7 Å². The summed E-state index contributed by atoms with van der Waals surface area (Å²) in [5, 5.41) is 4.98. The lowest BCUT2D eigenvalue weighted by atomic mass is 10.0. The van der Waals surface area contributed by atoms with Crippen LogP contribution in [-0.4, -0.2) is 12.6 Å². The van der Waals surface area contributed by atoms with Crippen molar-refractivity contribution in [3.05, 3.63) is 33.8 Å². The molecule has 1 nitrogen and oxygen atoms in total. The van der Waals surface area contributed by atoms with E-state index < -0.39 is 0 Å². The highest BCUT2D eigenvalue weighted by Crippen LogP contribution is 2.22. The van der Waals surface area contributed by atoms with Crippen molar-refractivity contribution in [2.75, 3.05) is 6.54 Å². The topological polar surface area (TPSA) is 12.0 Å². The van der Waals surface area contributed by atoms with Crippen molar-refractivity contribution in [1.29, 1.82) is 0 Å². The van der Waals surface area contributed by atoms with Gasteiger partial charge in [0.1, 0.15) is 0 Å². The van der Waals surface area contributed by atoms with E-state index in [0.29, 0.717) is 11.1 Å².